The Morgan fingerprint density at radius 3 is 2.48 bits per heavy atom. The lowest BCUT2D eigenvalue weighted by atomic mass is 9.80. The largest absolute Gasteiger partial charge is 0.497 e. The predicted octanol–water partition coefficient (Wildman–Crippen LogP) is 5.06. The maximum Gasteiger partial charge on any atom is 0.118 e. The molecule has 2 aliphatic rings. The van der Waals surface area contributed by atoms with Crippen LogP contribution in [0.5, 0.6) is 5.75 Å². The Morgan fingerprint density at radius 1 is 1.07 bits per heavy atom. The van der Waals surface area contributed by atoms with Crippen LogP contribution in [0, 0.1) is 6.92 Å². The van der Waals surface area contributed by atoms with Crippen LogP contribution >= 0.6 is 0 Å². The second-order valence-electron chi connectivity index (χ2n) is 8.08. The number of rotatable bonds is 6. The molecule has 0 saturated carbocycles. The van der Waals surface area contributed by atoms with E-state index >= 15 is 0 Å². The van der Waals surface area contributed by atoms with Crippen molar-refractivity contribution in [1.82, 2.24) is 4.90 Å². The molecule has 4 rings (SSSR count). The Hall–Kier alpha value is -1.84. The van der Waals surface area contributed by atoms with Gasteiger partial charge in [-0.05, 0) is 62.8 Å². The Balaban J connectivity index is 1.66. The molecule has 2 bridgehead atoms. The summed E-state index contributed by atoms with van der Waals surface area (Å²) in [6.45, 7) is 6.07. The summed E-state index contributed by atoms with van der Waals surface area (Å²) in [6.07, 6.45) is 5.10. The number of hydrogen-bond acceptors (Lipinski definition) is 3. The maximum atomic E-state index is 6.12. The van der Waals surface area contributed by atoms with Gasteiger partial charge in [0.1, 0.15) is 5.75 Å². The number of aryl methyl sites for hydroxylation is 1. The molecule has 27 heavy (non-hydrogen) atoms. The molecule has 3 atom stereocenters. The van der Waals surface area contributed by atoms with Gasteiger partial charge in [0.25, 0.3) is 0 Å². The minimum absolute atomic E-state index is 0.0936. The third-order valence-corrected chi connectivity index (χ3v) is 6.49. The lowest BCUT2D eigenvalue weighted by Gasteiger charge is -2.48. The SMILES string of the molecule is CCOC1CC2CCC(c3ccc(C)cc3)(C1)N2Cc1ccc(OC)cc1. The van der Waals surface area contributed by atoms with E-state index in [-0.39, 0.29) is 5.54 Å². The highest BCUT2D eigenvalue weighted by Gasteiger charge is 2.52. The third-order valence-electron chi connectivity index (χ3n) is 6.49. The van der Waals surface area contributed by atoms with Gasteiger partial charge in [0.2, 0.25) is 0 Å². The van der Waals surface area contributed by atoms with Gasteiger partial charge < -0.3 is 9.47 Å². The molecule has 0 radical (unpaired) electrons. The first-order chi connectivity index (χ1) is 13.1. The molecule has 3 nitrogen and oxygen atoms in total. The van der Waals surface area contributed by atoms with Gasteiger partial charge in [-0.25, -0.2) is 0 Å². The molecule has 2 aliphatic heterocycles. The molecule has 0 aromatic heterocycles. The molecular formula is C24H31NO2. The van der Waals surface area contributed by atoms with Crippen molar-refractivity contribution in [2.75, 3.05) is 13.7 Å². The monoisotopic (exact) mass is 365 g/mol. The molecule has 0 spiro atoms. The summed E-state index contributed by atoms with van der Waals surface area (Å²) in [6, 6.07) is 18.3. The molecule has 3 heteroatoms. The molecule has 3 unspecified atom stereocenters. The maximum absolute atomic E-state index is 6.12. The van der Waals surface area contributed by atoms with E-state index in [0.29, 0.717) is 12.1 Å². The number of hydrogen-bond donors (Lipinski definition) is 0. The molecule has 2 saturated heterocycles. The van der Waals surface area contributed by atoms with Crippen LogP contribution in [0.1, 0.15) is 49.3 Å². The number of fused-ring (bicyclic) bond motifs is 2. The Kier molecular flexibility index (Phi) is 5.25. The van der Waals surface area contributed by atoms with Gasteiger partial charge in [0.05, 0.1) is 13.2 Å². The van der Waals surface area contributed by atoms with E-state index in [1.165, 1.54) is 29.5 Å². The zero-order chi connectivity index (χ0) is 18.9. The van der Waals surface area contributed by atoms with Gasteiger partial charge in [0, 0.05) is 24.7 Å². The standard InChI is InChI=1S/C24H31NO2/c1-4-27-23-15-21-13-14-24(16-23,20-9-5-18(2)6-10-20)25(21)17-19-7-11-22(26-3)12-8-19/h5-12,21,23H,4,13-17H2,1-3H3. The number of ether oxygens (including phenoxy) is 2. The van der Waals surface area contributed by atoms with Gasteiger partial charge in [-0.1, -0.05) is 42.0 Å². The molecular weight excluding hydrogens is 334 g/mol. The zero-order valence-electron chi connectivity index (χ0n) is 16.8. The summed E-state index contributed by atoms with van der Waals surface area (Å²) in [5, 5.41) is 0. The molecule has 2 aromatic rings. The van der Waals surface area contributed by atoms with E-state index in [1.54, 1.807) is 7.11 Å². The van der Waals surface area contributed by atoms with Gasteiger partial charge >= 0.3 is 0 Å². The van der Waals surface area contributed by atoms with Crippen molar-refractivity contribution >= 4 is 0 Å². The zero-order valence-corrected chi connectivity index (χ0v) is 16.8. The third kappa shape index (κ3) is 3.51. The first-order valence-corrected chi connectivity index (χ1v) is 10.2. The number of methoxy groups -OCH3 is 1. The van der Waals surface area contributed by atoms with Crippen molar-refractivity contribution in [3.8, 4) is 5.75 Å². The molecule has 2 aromatic carbocycles. The Morgan fingerprint density at radius 2 is 1.81 bits per heavy atom. The summed E-state index contributed by atoms with van der Waals surface area (Å²) in [5.41, 5.74) is 4.22. The van der Waals surface area contributed by atoms with Crippen molar-refractivity contribution in [2.45, 2.75) is 63.8 Å². The molecule has 0 aliphatic carbocycles. The van der Waals surface area contributed by atoms with Crippen LogP contribution in [0.15, 0.2) is 48.5 Å². The lowest BCUT2D eigenvalue weighted by Crippen LogP contribution is -2.52. The van der Waals surface area contributed by atoms with Crippen molar-refractivity contribution in [3.63, 3.8) is 0 Å². The van der Waals surface area contributed by atoms with E-state index in [9.17, 15) is 0 Å². The first-order valence-electron chi connectivity index (χ1n) is 10.2. The van der Waals surface area contributed by atoms with Crippen molar-refractivity contribution in [1.29, 1.82) is 0 Å². The smallest absolute Gasteiger partial charge is 0.118 e. The van der Waals surface area contributed by atoms with Crippen LogP contribution < -0.4 is 4.74 Å². The van der Waals surface area contributed by atoms with E-state index in [1.807, 2.05) is 0 Å². The average Bonchev–Trinajstić information content (AvgIpc) is 2.89. The minimum Gasteiger partial charge on any atom is -0.497 e. The fraction of sp³-hybridized carbons (Fsp3) is 0.500. The highest BCUT2D eigenvalue weighted by molar-refractivity contribution is 5.33. The van der Waals surface area contributed by atoms with Crippen LogP contribution in [-0.2, 0) is 16.8 Å². The van der Waals surface area contributed by atoms with Crippen molar-refractivity contribution in [2.24, 2.45) is 0 Å². The summed E-state index contributed by atoms with van der Waals surface area (Å²) < 4.78 is 11.4. The molecule has 2 fully saturated rings. The number of nitrogens with zero attached hydrogens (tertiary/aromatic N) is 1. The number of benzene rings is 2. The van der Waals surface area contributed by atoms with Crippen LogP contribution in [0.25, 0.3) is 0 Å². The Labute approximate surface area is 163 Å². The topological polar surface area (TPSA) is 21.7 Å². The minimum atomic E-state index is 0.0936. The molecule has 144 valence electrons. The fourth-order valence-corrected chi connectivity index (χ4v) is 5.14. The predicted molar refractivity (Wildman–Crippen MR) is 109 cm³/mol. The second-order valence-corrected chi connectivity index (χ2v) is 8.08. The summed E-state index contributed by atoms with van der Waals surface area (Å²) in [5.74, 6) is 0.921. The van der Waals surface area contributed by atoms with Crippen molar-refractivity contribution in [3.05, 3.63) is 65.2 Å². The second kappa shape index (κ2) is 7.65. The van der Waals surface area contributed by atoms with E-state index in [4.69, 9.17) is 9.47 Å². The summed E-state index contributed by atoms with van der Waals surface area (Å²) in [7, 11) is 1.72. The van der Waals surface area contributed by atoms with Gasteiger partial charge in [-0.3, -0.25) is 4.90 Å². The fourth-order valence-electron chi connectivity index (χ4n) is 5.14. The highest BCUT2D eigenvalue weighted by atomic mass is 16.5. The summed E-state index contributed by atoms with van der Waals surface area (Å²) >= 11 is 0. The van der Waals surface area contributed by atoms with E-state index < -0.39 is 0 Å². The highest BCUT2D eigenvalue weighted by Crippen LogP contribution is 2.52. The van der Waals surface area contributed by atoms with Gasteiger partial charge in [-0.2, -0.15) is 0 Å². The van der Waals surface area contributed by atoms with Crippen LogP contribution in [0.3, 0.4) is 0 Å². The van der Waals surface area contributed by atoms with Gasteiger partial charge in [0.15, 0.2) is 0 Å². The van der Waals surface area contributed by atoms with E-state index in [2.05, 4.69) is 67.3 Å². The summed E-state index contributed by atoms with van der Waals surface area (Å²) in [4.78, 5) is 2.76. The number of piperidine rings is 1. The average molecular weight is 366 g/mol. The Bertz CT molecular complexity index is 755. The molecule has 2 heterocycles. The van der Waals surface area contributed by atoms with Crippen LogP contribution in [0.2, 0.25) is 0 Å². The quantitative estimate of drug-likeness (QED) is 0.714. The van der Waals surface area contributed by atoms with Crippen LogP contribution in [0.4, 0.5) is 0 Å². The molecule has 0 N–H and O–H groups in total. The van der Waals surface area contributed by atoms with Crippen molar-refractivity contribution < 1.29 is 9.47 Å². The molecule has 0 amide bonds. The van der Waals surface area contributed by atoms with E-state index in [0.717, 1.165) is 31.7 Å². The normalized spacial score (nSPS) is 27.7. The lowest BCUT2D eigenvalue weighted by molar-refractivity contribution is -0.0592. The van der Waals surface area contributed by atoms with Gasteiger partial charge in [-0.15, -0.1) is 0 Å². The van der Waals surface area contributed by atoms with Crippen LogP contribution in [-0.4, -0.2) is 30.8 Å². The first kappa shape index (κ1) is 18.5.